The normalized spacial score (nSPS) is 37.7. The van der Waals surface area contributed by atoms with Gasteiger partial charge in [-0.15, -0.1) is 0 Å². The van der Waals surface area contributed by atoms with E-state index >= 15 is 0 Å². The number of ether oxygens (including phenoxy) is 2. The highest BCUT2D eigenvalue weighted by atomic mass is 16.5. The van der Waals surface area contributed by atoms with Crippen molar-refractivity contribution in [1.82, 2.24) is 4.90 Å². The van der Waals surface area contributed by atoms with E-state index in [2.05, 4.69) is 24.1 Å². The zero-order valence-corrected chi connectivity index (χ0v) is 12.8. The van der Waals surface area contributed by atoms with Gasteiger partial charge >= 0.3 is 0 Å². The first-order chi connectivity index (χ1) is 10.7. The van der Waals surface area contributed by atoms with Crippen molar-refractivity contribution < 1.29 is 14.3 Å². The van der Waals surface area contributed by atoms with Crippen LogP contribution in [0.15, 0.2) is 24.3 Å². The van der Waals surface area contributed by atoms with Gasteiger partial charge in [-0.25, -0.2) is 0 Å². The maximum atomic E-state index is 12.5. The van der Waals surface area contributed by atoms with E-state index in [-0.39, 0.29) is 17.3 Å². The van der Waals surface area contributed by atoms with E-state index in [0.717, 1.165) is 30.9 Å². The number of hydrogen-bond acceptors (Lipinski definition) is 4. The van der Waals surface area contributed by atoms with Crippen molar-refractivity contribution in [3.63, 3.8) is 0 Å². The molecule has 1 saturated heterocycles. The topological polar surface area (TPSA) is 38.8 Å². The standard InChI is InChI=1S/C18H19NO3/c1-19-8-7-18-11-4-5-13(20)17(18)22-16-14(21-2)6-3-10(15(16)18)9-12(11)19/h3-6,11-12,17H,7-9H2,1-2H3/t11-,12+,17?,18-/m0/s1. The fourth-order valence-corrected chi connectivity index (χ4v) is 5.23. The molecule has 0 aromatic heterocycles. The summed E-state index contributed by atoms with van der Waals surface area (Å²) in [6, 6.07) is 4.60. The van der Waals surface area contributed by atoms with E-state index in [9.17, 15) is 4.79 Å². The fraction of sp³-hybridized carbons (Fsp3) is 0.500. The van der Waals surface area contributed by atoms with Crippen LogP contribution >= 0.6 is 0 Å². The van der Waals surface area contributed by atoms with Crippen LogP contribution in [-0.2, 0) is 16.6 Å². The molecule has 2 aliphatic carbocycles. The minimum Gasteiger partial charge on any atom is -0.493 e. The molecule has 4 nitrogen and oxygen atoms in total. The SMILES string of the molecule is COc1ccc2c3c1OC1C(=O)C=C[C@H]4[C@@H](C2)N(C)CC[C@]314. The van der Waals surface area contributed by atoms with Gasteiger partial charge in [-0.1, -0.05) is 12.1 Å². The monoisotopic (exact) mass is 297 g/mol. The lowest BCUT2D eigenvalue weighted by atomic mass is 9.53. The number of likely N-dealkylation sites (N-methyl/N-ethyl adjacent to an activating group) is 1. The molecule has 5 rings (SSSR count). The number of ketones is 1. The number of carbonyl (C=O) groups excluding carboxylic acids is 1. The number of carbonyl (C=O) groups is 1. The number of piperidine rings is 1. The van der Waals surface area contributed by atoms with Crippen LogP contribution < -0.4 is 9.47 Å². The third-order valence-corrected chi connectivity index (χ3v) is 6.21. The van der Waals surface area contributed by atoms with Crippen LogP contribution in [0.1, 0.15) is 17.5 Å². The predicted molar refractivity (Wildman–Crippen MR) is 81.5 cm³/mol. The van der Waals surface area contributed by atoms with E-state index in [1.807, 2.05) is 6.07 Å². The van der Waals surface area contributed by atoms with Crippen LogP contribution in [0.3, 0.4) is 0 Å². The molecule has 1 aromatic rings. The molecule has 1 unspecified atom stereocenters. The van der Waals surface area contributed by atoms with Crippen molar-refractivity contribution in [3.05, 3.63) is 35.4 Å². The summed E-state index contributed by atoms with van der Waals surface area (Å²) in [6.45, 7) is 1.01. The lowest BCUT2D eigenvalue weighted by Crippen LogP contribution is -2.64. The van der Waals surface area contributed by atoms with Gasteiger partial charge < -0.3 is 14.4 Å². The molecule has 0 N–H and O–H groups in total. The molecule has 2 aliphatic heterocycles. The average Bonchev–Trinajstić information content (AvgIpc) is 2.88. The van der Waals surface area contributed by atoms with Crippen LogP contribution in [0.2, 0.25) is 0 Å². The summed E-state index contributed by atoms with van der Waals surface area (Å²) in [5.74, 6) is 2.03. The molecule has 2 heterocycles. The lowest BCUT2D eigenvalue weighted by Gasteiger charge is -2.55. The van der Waals surface area contributed by atoms with Gasteiger partial charge in [-0.3, -0.25) is 4.79 Å². The first-order valence-corrected chi connectivity index (χ1v) is 7.96. The molecule has 1 fully saturated rings. The largest absolute Gasteiger partial charge is 0.493 e. The Morgan fingerprint density at radius 2 is 2.27 bits per heavy atom. The molecule has 0 radical (unpaired) electrons. The van der Waals surface area contributed by atoms with Gasteiger partial charge in [-0.05, 0) is 44.1 Å². The molecular weight excluding hydrogens is 278 g/mol. The van der Waals surface area contributed by atoms with Gasteiger partial charge in [0.05, 0.1) is 12.5 Å². The second kappa shape index (κ2) is 3.93. The predicted octanol–water partition coefficient (Wildman–Crippen LogP) is 1.71. The van der Waals surface area contributed by atoms with E-state index in [1.165, 1.54) is 11.1 Å². The lowest BCUT2D eigenvalue weighted by molar-refractivity contribution is -0.127. The Hall–Kier alpha value is -1.81. The first kappa shape index (κ1) is 12.7. The van der Waals surface area contributed by atoms with Crippen LogP contribution in [-0.4, -0.2) is 43.5 Å². The molecule has 4 atom stereocenters. The van der Waals surface area contributed by atoms with Gasteiger partial charge in [0.25, 0.3) is 0 Å². The average molecular weight is 297 g/mol. The minimum atomic E-state index is -0.371. The molecule has 22 heavy (non-hydrogen) atoms. The Balaban J connectivity index is 1.84. The highest BCUT2D eigenvalue weighted by Gasteiger charge is 2.64. The summed E-state index contributed by atoms with van der Waals surface area (Å²) >= 11 is 0. The molecule has 1 spiro atoms. The van der Waals surface area contributed by atoms with Crippen LogP contribution in [0.25, 0.3) is 0 Å². The van der Waals surface area contributed by atoms with Crippen molar-refractivity contribution in [2.24, 2.45) is 5.92 Å². The van der Waals surface area contributed by atoms with Crippen molar-refractivity contribution in [3.8, 4) is 11.5 Å². The summed E-state index contributed by atoms with van der Waals surface area (Å²) in [7, 11) is 3.86. The summed E-state index contributed by atoms with van der Waals surface area (Å²) in [6.07, 6.45) is 5.50. The van der Waals surface area contributed by atoms with Crippen molar-refractivity contribution in [2.45, 2.75) is 30.4 Å². The van der Waals surface area contributed by atoms with E-state index in [4.69, 9.17) is 9.47 Å². The summed E-state index contributed by atoms with van der Waals surface area (Å²) in [4.78, 5) is 15.0. The number of likely N-dealkylation sites (tertiary alicyclic amines) is 1. The number of hydrogen-bond donors (Lipinski definition) is 0. The molecular formula is C18H19NO3. The zero-order chi connectivity index (χ0) is 15.1. The Morgan fingerprint density at radius 3 is 3.09 bits per heavy atom. The van der Waals surface area contributed by atoms with Crippen LogP contribution in [0.5, 0.6) is 11.5 Å². The number of benzene rings is 1. The quantitative estimate of drug-likeness (QED) is 0.791. The van der Waals surface area contributed by atoms with Gasteiger partial charge in [-0.2, -0.15) is 0 Å². The highest BCUT2D eigenvalue weighted by molar-refractivity contribution is 5.98. The maximum absolute atomic E-state index is 12.5. The van der Waals surface area contributed by atoms with E-state index in [0.29, 0.717) is 12.0 Å². The molecule has 0 saturated carbocycles. The third-order valence-electron chi connectivity index (χ3n) is 6.21. The van der Waals surface area contributed by atoms with Gasteiger partial charge in [0.15, 0.2) is 23.4 Å². The number of methoxy groups -OCH3 is 1. The van der Waals surface area contributed by atoms with Crippen molar-refractivity contribution in [1.29, 1.82) is 0 Å². The maximum Gasteiger partial charge on any atom is 0.196 e. The Kier molecular flexibility index (Phi) is 2.27. The minimum absolute atomic E-state index is 0.102. The third kappa shape index (κ3) is 1.23. The van der Waals surface area contributed by atoms with Gasteiger partial charge in [0.2, 0.25) is 0 Å². The van der Waals surface area contributed by atoms with Crippen molar-refractivity contribution in [2.75, 3.05) is 20.7 Å². The Labute approximate surface area is 129 Å². The second-order valence-electron chi connectivity index (χ2n) is 6.96. The molecule has 4 heteroatoms. The fourth-order valence-electron chi connectivity index (χ4n) is 5.23. The number of nitrogens with zero attached hydrogens (tertiary/aromatic N) is 1. The van der Waals surface area contributed by atoms with Gasteiger partial charge in [0.1, 0.15) is 0 Å². The zero-order valence-electron chi connectivity index (χ0n) is 12.8. The van der Waals surface area contributed by atoms with Crippen LogP contribution in [0.4, 0.5) is 0 Å². The van der Waals surface area contributed by atoms with E-state index < -0.39 is 0 Å². The smallest absolute Gasteiger partial charge is 0.196 e. The number of rotatable bonds is 1. The highest BCUT2D eigenvalue weighted by Crippen LogP contribution is 2.61. The summed E-state index contributed by atoms with van der Waals surface area (Å²) < 4.78 is 11.7. The van der Waals surface area contributed by atoms with Crippen molar-refractivity contribution >= 4 is 5.78 Å². The van der Waals surface area contributed by atoms with Crippen LogP contribution in [0, 0.1) is 5.92 Å². The molecule has 1 aromatic carbocycles. The Morgan fingerprint density at radius 1 is 1.41 bits per heavy atom. The summed E-state index contributed by atoms with van der Waals surface area (Å²) in [5.41, 5.74) is 2.40. The molecule has 114 valence electrons. The molecule has 4 aliphatic rings. The Bertz CT molecular complexity index is 725. The molecule has 2 bridgehead atoms. The summed E-state index contributed by atoms with van der Waals surface area (Å²) in [5, 5.41) is 0. The molecule has 0 amide bonds. The van der Waals surface area contributed by atoms with E-state index in [1.54, 1.807) is 13.2 Å². The first-order valence-electron chi connectivity index (χ1n) is 7.96. The van der Waals surface area contributed by atoms with Gasteiger partial charge in [0, 0.05) is 17.5 Å². The second-order valence-corrected chi connectivity index (χ2v) is 6.96.